The van der Waals surface area contributed by atoms with Crippen molar-refractivity contribution in [3.05, 3.63) is 269 Å². The number of thiocarbonyl (C=S) groups is 1. The molecule has 3 aliphatic rings. The molecule has 0 amide bonds. The fraction of sp³-hybridized carbons (Fsp3) is 0.495. The maximum absolute atomic E-state index is 11.7. The Hall–Kier alpha value is -9.46. The van der Waals surface area contributed by atoms with Gasteiger partial charge in [-0.15, -0.1) is 13.2 Å². The summed E-state index contributed by atoms with van der Waals surface area (Å²) in [6.45, 7) is 31.4. The molecule has 9 aromatic rings. The molecule has 2 aliphatic carbocycles. The first-order valence-corrected chi connectivity index (χ1v) is 48.0. The van der Waals surface area contributed by atoms with Crippen molar-refractivity contribution in [2.45, 2.75) is 288 Å². The standard InChI is InChI=1S/C19H23NO3S.C18H22O3.C18H28O2.C16H24O2.C13H17F3O3.C13H18O2.C12H18O2/c1-3-16-9-11-18(12-10-16)23-15(2)21-13-14-22-19(24)20-17-7-5-4-6-8-17;1-3-16-9-11-18(12-10-16)21-15(2)19-13-14-20-17-7-5-4-6-8-17;1-3-16-10-7-11-18(14-16)20-15(2)19-13-12-17-8-5-4-6-9-17;1-3-14-9-11-16(12-10-14)18-13(2)17-15-7-5-4-6-8-15;1-3-11-4-6-12(7-5-11)19-10(2)17-8-9-18-13(14,15)16;1-2-11-6-8-12(9-7-11)15-13-5-3-4-10-14-13;1-4-11-6-8-12(9-7-11)14-10(3)13-5-2/h4-12,15H,3,13-14H2,1-2H3,(H,20,24);4-12,15H,3,13-14H2,1-2H3;7,10-11,14-15,17H,3-6,8-9,12-13H2,1-2H3;9-13,15H,3-8H2,1-2H3;4-7,10H,3,8-9H2,1-2H3;6-9,13H,2-5,10H2,1H3;6-10H,4-5H2,1-3H3. The van der Waals surface area contributed by atoms with Crippen LogP contribution in [0.1, 0.15) is 226 Å². The molecule has 1 heterocycles. The van der Waals surface area contributed by atoms with Crippen molar-refractivity contribution in [2.24, 2.45) is 5.92 Å². The lowest BCUT2D eigenvalue weighted by molar-refractivity contribution is -0.328. The molecule has 1 N–H and O–H groups in total. The largest absolute Gasteiger partial charge is 0.522 e. The molecule has 0 radical (unpaired) electrons. The quantitative estimate of drug-likeness (QED) is 0.0217. The number of alkyl halides is 3. The number of hydrogen-bond acceptors (Lipinski definition) is 18. The molecule has 131 heavy (non-hydrogen) atoms. The molecule has 0 aromatic heterocycles. The highest BCUT2D eigenvalue weighted by Crippen LogP contribution is 2.29. The van der Waals surface area contributed by atoms with Crippen LogP contribution in [0, 0.1) is 5.92 Å². The van der Waals surface area contributed by atoms with E-state index >= 15 is 0 Å². The maximum Gasteiger partial charge on any atom is 0.522 e. The number of hydrogen-bond donors (Lipinski definition) is 1. The van der Waals surface area contributed by atoms with Gasteiger partial charge in [-0.3, -0.25) is 4.74 Å². The molecule has 12 rings (SSSR count). The summed E-state index contributed by atoms with van der Waals surface area (Å²) in [5.74, 6) is 7.54. The average molecular weight is 1840 g/mol. The van der Waals surface area contributed by atoms with Crippen LogP contribution in [0.2, 0.25) is 0 Å². The molecule has 1 saturated heterocycles. The van der Waals surface area contributed by atoms with E-state index in [1.807, 2.05) is 194 Å². The van der Waals surface area contributed by atoms with Crippen LogP contribution in [0.4, 0.5) is 18.9 Å². The van der Waals surface area contributed by atoms with E-state index in [9.17, 15) is 13.2 Å². The number of ether oxygens (including phenoxy) is 17. The number of halogens is 3. The second-order valence-corrected chi connectivity index (χ2v) is 32.1. The van der Waals surface area contributed by atoms with E-state index < -0.39 is 19.3 Å². The van der Waals surface area contributed by atoms with Gasteiger partial charge in [-0.2, -0.15) is 0 Å². The summed E-state index contributed by atoms with van der Waals surface area (Å²) in [4.78, 5) is 0. The molecule has 22 heteroatoms. The fourth-order valence-electron chi connectivity index (χ4n) is 13.8. The Labute approximate surface area is 786 Å². The van der Waals surface area contributed by atoms with Gasteiger partial charge in [0.1, 0.15) is 59.2 Å². The zero-order valence-electron chi connectivity index (χ0n) is 80.3. The SMILES string of the molecule is CCOC(C)Oc1ccc(CC)cc1.CCc1ccc(OC(C)OC2CCCCC2)cc1.CCc1ccc(OC(C)OCCOC(=S)Nc2ccccc2)cc1.CCc1ccc(OC(C)OCCOC(F)(F)F)cc1.CCc1ccc(OC(C)OCCOc2ccccc2)cc1.CCc1ccc(OC2CCCCO2)cc1.CCc1cccc(OC(C)OCCC2CCCCC2)c1. The predicted octanol–water partition coefficient (Wildman–Crippen LogP) is 27.4. The van der Waals surface area contributed by atoms with E-state index in [2.05, 4.69) is 124 Å². The molecule has 9 aromatic carbocycles. The molecule has 7 unspecified atom stereocenters. The summed E-state index contributed by atoms with van der Waals surface area (Å²) in [5, 5.41) is 3.33. The van der Waals surface area contributed by atoms with Crippen LogP contribution in [0.5, 0.6) is 46.0 Å². The minimum atomic E-state index is -4.62. The van der Waals surface area contributed by atoms with Gasteiger partial charge < -0.3 is 81.1 Å². The molecule has 7 atom stereocenters. The number of anilines is 1. The van der Waals surface area contributed by atoms with Crippen LogP contribution in [0.25, 0.3) is 0 Å². The van der Waals surface area contributed by atoms with Gasteiger partial charge in [0.15, 0.2) is 44.0 Å². The first-order valence-electron chi connectivity index (χ1n) is 47.6. The highest BCUT2D eigenvalue weighted by Gasteiger charge is 2.29. The maximum atomic E-state index is 11.7. The van der Waals surface area contributed by atoms with E-state index in [4.69, 9.17) is 88.0 Å². The van der Waals surface area contributed by atoms with Crippen molar-refractivity contribution in [1.29, 1.82) is 0 Å². The average Bonchev–Trinajstić information content (AvgIpc) is 0.939. The van der Waals surface area contributed by atoms with Crippen LogP contribution < -0.4 is 43.2 Å². The Kier molecular flexibility index (Phi) is 56.3. The van der Waals surface area contributed by atoms with Gasteiger partial charge in [-0.25, -0.2) is 0 Å². The zero-order chi connectivity index (χ0) is 94.3. The molecule has 18 nitrogen and oxygen atoms in total. The van der Waals surface area contributed by atoms with Gasteiger partial charge in [-0.05, 0) is 292 Å². The molecule has 0 bridgehead atoms. The molecule has 720 valence electrons. The Morgan fingerprint density at radius 3 is 1.13 bits per heavy atom. The summed E-state index contributed by atoms with van der Waals surface area (Å²) in [5.41, 5.74) is 9.96. The third-order valence-electron chi connectivity index (χ3n) is 21.3. The molecular formula is C109H150F3NO17S. The van der Waals surface area contributed by atoms with Crippen molar-refractivity contribution in [1.82, 2.24) is 0 Å². The minimum absolute atomic E-state index is 0.0359. The van der Waals surface area contributed by atoms with Crippen LogP contribution >= 0.6 is 12.2 Å². The van der Waals surface area contributed by atoms with Gasteiger partial charge >= 0.3 is 6.36 Å². The number of aryl methyl sites for hydroxylation is 7. The first kappa shape index (κ1) is 110. The van der Waals surface area contributed by atoms with Gasteiger partial charge in [0.05, 0.1) is 45.7 Å². The smallest absolute Gasteiger partial charge is 0.491 e. The number of para-hydroxylation sites is 2. The normalized spacial score (nSPS) is 15.0. The van der Waals surface area contributed by atoms with Crippen molar-refractivity contribution < 1.29 is 93.7 Å². The van der Waals surface area contributed by atoms with Gasteiger partial charge in [0, 0.05) is 18.7 Å². The van der Waals surface area contributed by atoms with Gasteiger partial charge in [-0.1, -0.05) is 221 Å². The zero-order valence-corrected chi connectivity index (χ0v) is 81.1. The highest BCUT2D eigenvalue weighted by molar-refractivity contribution is 7.80. The molecule has 0 spiro atoms. The number of nitrogens with one attached hydrogen (secondary N) is 1. The number of rotatable bonds is 43. The van der Waals surface area contributed by atoms with Crippen LogP contribution in [-0.2, 0) is 87.6 Å². The number of benzene rings is 9. The Morgan fingerprint density at radius 1 is 0.351 bits per heavy atom. The lowest BCUT2D eigenvalue weighted by atomic mass is 9.87. The van der Waals surface area contributed by atoms with Crippen LogP contribution in [-0.4, -0.2) is 121 Å². The second-order valence-electron chi connectivity index (χ2n) is 31.7. The molecule has 1 aliphatic heterocycles. The summed E-state index contributed by atoms with van der Waals surface area (Å²) in [6, 6.07) is 75.8. The molecule has 3 fully saturated rings. The highest BCUT2D eigenvalue weighted by atomic mass is 32.1. The van der Waals surface area contributed by atoms with Crippen molar-refractivity contribution in [2.75, 3.05) is 64.8 Å². The summed E-state index contributed by atoms with van der Waals surface area (Å²) in [7, 11) is 0. The second kappa shape index (κ2) is 66.8. The van der Waals surface area contributed by atoms with E-state index in [0.717, 1.165) is 123 Å². The van der Waals surface area contributed by atoms with Crippen molar-refractivity contribution in [3.63, 3.8) is 0 Å². The monoisotopic (exact) mass is 1830 g/mol. The van der Waals surface area contributed by atoms with E-state index in [1.54, 1.807) is 19.1 Å². The Bertz CT molecular complexity index is 4290. The van der Waals surface area contributed by atoms with Gasteiger partial charge in [0.2, 0.25) is 0 Å². The minimum Gasteiger partial charge on any atom is -0.491 e. The lowest BCUT2D eigenvalue weighted by Crippen LogP contribution is -2.26. The summed E-state index contributed by atoms with van der Waals surface area (Å²) in [6.07, 6.45) is 19.0. The third-order valence-corrected chi connectivity index (χ3v) is 21.5. The van der Waals surface area contributed by atoms with Crippen molar-refractivity contribution >= 4 is 23.1 Å². The van der Waals surface area contributed by atoms with E-state index in [-0.39, 0.29) is 44.3 Å². The van der Waals surface area contributed by atoms with Gasteiger partial charge in [0.25, 0.3) is 5.17 Å². The predicted molar refractivity (Wildman–Crippen MR) is 523 cm³/mol. The van der Waals surface area contributed by atoms with E-state index in [1.165, 1.54) is 116 Å². The van der Waals surface area contributed by atoms with E-state index in [0.29, 0.717) is 50.1 Å². The van der Waals surface area contributed by atoms with Crippen LogP contribution in [0.15, 0.2) is 231 Å². The first-order chi connectivity index (χ1) is 63.5. The Balaban J connectivity index is 0.000000237. The third kappa shape index (κ3) is 51.4. The Morgan fingerprint density at radius 2 is 0.718 bits per heavy atom. The molecular weight excluding hydrogens is 1680 g/mol. The summed E-state index contributed by atoms with van der Waals surface area (Å²) < 4.78 is 128. The molecule has 2 saturated carbocycles. The fourth-order valence-corrected chi connectivity index (χ4v) is 14.0. The van der Waals surface area contributed by atoms with Crippen LogP contribution in [0.3, 0.4) is 0 Å². The lowest BCUT2D eigenvalue weighted by Gasteiger charge is -2.26. The van der Waals surface area contributed by atoms with Crippen molar-refractivity contribution in [3.8, 4) is 46.0 Å². The topological polar surface area (TPSA) is 169 Å². The summed E-state index contributed by atoms with van der Waals surface area (Å²) >= 11 is 5.12.